The molecule has 20 heavy (non-hydrogen) atoms. The Morgan fingerprint density at radius 2 is 1.70 bits per heavy atom. The molecule has 1 aromatic rings. The minimum atomic E-state index is -3.83. The number of piperidine rings is 1. The second-order valence-electron chi connectivity index (χ2n) is 4.46. The fourth-order valence-corrected chi connectivity index (χ4v) is 4.43. The smallest absolute Gasteiger partial charge is 0.258 e. The van der Waals surface area contributed by atoms with Crippen LogP contribution >= 0.6 is 23.2 Å². The molecule has 0 atom stereocenters. The summed E-state index contributed by atoms with van der Waals surface area (Å²) < 4.78 is 26.2. The molecule has 6 nitrogen and oxygen atoms in total. The van der Waals surface area contributed by atoms with Gasteiger partial charge in [-0.3, -0.25) is 10.1 Å². The summed E-state index contributed by atoms with van der Waals surface area (Å²) in [7, 11) is -3.83. The predicted octanol–water partition coefficient (Wildman–Crippen LogP) is 3.08. The average Bonchev–Trinajstić information content (AvgIpc) is 2.39. The third kappa shape index (κ3) is 2.90. The van der Waals surface area contributed by atoms with Crippen LogP contribution in [-0.4, -0.2) is 30.7 Å². The summed E-state index contributed by atoms with van der Waals surface area (Å²) in [6, 6.07) is 2.02. The van der Waals surface area contributed by atoms with Crippen molar-refractivity contribution in [1.82, 2.24) is 4.31 Å². The van der Waals surface area contributed by atoms with Crippen molar-refractivity contribution in [2.24, 2.45) is 0 Å². The summed E-state index contributed by atoms with van der Waals surface area (Å²) in [6.07, 6.45) is 2.51. The lowest BCUT2D eigenvalue weighted by molar-refractivity contribution is -0.384. The molecule has 0 aliphatic carbocycles. The number of rotatable bonds is 3. The van der Waals surface area contributed by atoms with Gasteiger partial charge in [-0.2, -0.15) is 4.31 Å². The molecular formula is C11H12Cl2N2O4S. The lowest BCUT2D eigenvalue weighted by Crippen LogP contribution is -2.35. The van der Waals surface area contributed by atoms with Crippen LogP contribution in [0.4, 0.5) is 5.69 Å². The maximum atomic E-state index is 12.5. The number of nitro groups is 1. The van der Waals surface area contributed by atoms with Crippen LogP contribution in [0.5, 0.6) is 0 Å². The maximum Gasteiger partial charge on any atom is 0.289 e. The van der Waals surface area contributed by atoms with Gasteiger partial charge in [-0.1, -0.05) is 29.6 Å². The van der Waals surface area contributed by atoms with Crippen molar-refractivity contribution in [3.63, 3.8) is 0 Å². The highest BCUT2D eigenvalue weighted by molar-refractivity contribution is 7.89. The third-order valence-electron chi connectivity index (χ3n) is 3.13. The molecule has 0 aromatic heterocycles. The van der Waals surface area contributed by atoms with Crippen LogP contribution in [-0.2, 0) is 10.0 Å². The molecule has 110 valence electrons. The summed E-state index contributed by atoms with van der Waals surface area (Å²) in [5.74, 6) is 0. The van der Waals surface area contributed by atoms with Gasteiger partial charge in [0.25, 0.3) is 5.69 Å². The molecule has 0 N–H and O–H groups in total. The zero-order valence-electron chi connectivity index (χ0n) is 10.4. The largest absolute Gasteiger partial charge is 0.289 e. The molecule has 0 bridgehead atoms. The minimum absolute atomic E-state index is 0.105. The molecule has 1 saturated heterocycles. The van der Waals surface area contributed by atoms with E-state index >= 15 is 0 Å². The molecule has 1 aliphatic rings. The van der Waals surface area contributed by atoms with Gasteiger partial charge in [-0.15, -0.1) is 0 Å². The van der Waals surface area contributed by atoms with Crippen LogP contribution < -0.4 is 0 Å². The molecule has 9 heteroatoms. The number of sulfonamides is 1. The molecule has 1 aromatic carbocycles. The van der Waals surface area contributed by atoms with Crippen molar-refractivity contribution in [3.8, 4) is 0 Å². The van der Waals surface area contributed by atoms with Gasteiger partial charge >= 0.3 is 0 Å². The standard InChI is InChI=1S/C11H12Cl2N2O4S/c12-8-6-9(13)11(7-10(8)15(16)17)20(18,19)14-4-2-1-3-5-14/h6-7H,1-5H2. The van der Waals surface area contributed by atoms with Crippen LogP contribution in [0, 0.1) is 10.1 Å². The highest BCUT2D eigenvalue weighted by atomic mass is 35.5. The van der Waals surface area contributed by atoms with Crippen LogP contribution in [0.3, 0.4) is 0 Å². The first kappa shape index (κ1) is 15.5. The van der Waals surface area contributed by atoms with Gasteiger partial charge in [-0.25, -0.2) is 8.42 Å². The van der Waals surface area contributed by atoms with Crippen LogP contribution in [0.1, 0.15) is 19.3 Å². The third-order valence-corrected chi connectivity index (χ3v) is 5.80. The summed E-state index contributed by atoms with van der Waals surface area (Å²) >= 11 is 11.6. The number of nitro benzene ring substituents is 1. The van der Waals surface area contributed by atoms with Crippen molar-refractivity contribution in [2.45, 2.75) is 24.2 Å². The van der Waals surface area contributed by atoms with Gasteiger partial charge in [0, 0.05) is 19.2 Å². The first-order chi connectivity index (χ1) is 9.34. The monoisotopic (exact) mass is 338 g/mol. The normalized spacial score (nSPS) is 17.1. The van der Waals surface area contributed by atoms with E-state index in [1.54, 1.807) is 0 Å². The number of benzene rings is 1. The molecule has 0 saturated carbocycles. The second kappa shape index (κ2) is 5.85. The fourth-order valence-electron chi connectivity index (χ4n) is 2.10. The summed E-state index contributed by atoms with van der Waals surface area (Å²) in [4.78, 5) is 9.86. The molecule has 0 spiro atoms. The Hall–Kier alpha value is -0.890. The van der Waals surface area contributed by atoms with E-state index in [0.717, 1.165) is 31.4 Å². The topological polar surface area (TPSA) is 80.5 Å². The maximum absolute atomic E-state index is 12.5. The van der Waals surface area contributed by atoms with Gasteiger partial charge in [0.05, 0.1) is 9.95 Å². The Labute approximate surface area is 126 Å². The second-order valence-corrected chi connectivity index (χ2v) is 7.18. The average molecular weight is 339 g/mol. The van der Waals surface area contributed by atoms with Gasteiger partial charge < -0.3 is 0 Å². The lowest BCUT2D eigenvalue weighted by atomic mass is 10.2. The molecular weight excluding hydrogens is 327 g/mol. The summed E-state index contributed by atoms with van der Waals surface area (Å²) in [6.45, 7) is 0.796. The van der Waals surface area contributed by atoms with E-state index in [1.165, 1.54) is 4.31 Å². The highest BCUT2D eigenvalue weighted by Crippen LogP contribution is 2.35. The first-order valence-corrected chi connectivity index (χ1v) is 8.17. The fraction of sp³-hybridized carbons (Fsp3) is 0.455. The zero-order chi connectivity index (χ0) is 14.9. The lowest BCUT2D eigenvalue weighted by Gasteiger charge is -2.26. The number of halogens is 2. The van der Waals surface area contributed by atoms with E-state index in [-0.39, 0.29) is 14.9 Å². The van der Waals surface area contributed by atoms with Gasteiger partial charge in [0.1, 0.15) is 9.92 Å². The SMILES string of the molecule is O=[N+]([O-])c1cc(S(=O)(=O)N2CCCCC2)c(Cl)cc1Cl. The molecule has 0 unspecified atom stereocenters. The Morgan fingerprint density at radius 3 is 2.25 bits per heavy atom. The van der Waals surface area contributed by atoms with E-state index < -0.39 is 20.6 Å². The highest BCUT2D eigenvalue weighted by Gasteiger charge is 2.30. The Morgan fingerprint density at radius 1 is 1.10 bits per heavy atom. The Balaban J connectivity index is 2.50. The van der Waals surface area contributed by atoms with E-state index in [4.69, 9.17) is 23.2 Å². The van der Waals surface area contributed by atoms with Crippen molar-refractivity contribution >= 4 is 38.9 Å². The zero-order valence-corrected chi connectivity index (χ0v) is 12.7. The van der Waals surface area contributed by atoms with E-state index in [0.29, 0.717) is 13.1 Å². The van der Waals surface area contributed by atoms with Crippen molar-refractivity contribution in [2.75, 3.05) is 13.1 Å². The molecule has 0 radical (unpaired) electrons. The van der Waals surface area contributed by atoms with Gasteiger partial charge in [-0.05, 0) is 18.9 Å². The van der Waals surface area contributed by atoms with Crippen LogP contribution in [0.15, 0.2) is 17.0 Å². The number of hydrogen-bond donors (Lipinski definition) is 0. The summed E-state index contributed by atoms with van der Waals surface area (Å²) in [5, 5.41) is 10.6. The van der Waals surface area contributed by atoms with E-state index in [1.807, 2.05) is 0 Å². The minimum Gasteiger partial charge on any atom is -0.258 e. The number of hydrogen-bond acceptors (Lipinski definition) is 4. The van der Waals surface area contributed by atoms with Crippen LogP contribution in [0.25, 0.3) is 0 Å². The number of nitrogens with zero attached hydrogens (tertiary/aromatic N) is 2. The molecule has 2 rings (SSSR count). The quantitative estimate of drug-likeness (QED) is 0.626. The van der Waals surface area contributed by atoms with Crippen LogP contribution in [0.2, 0.25) is 10.0 Å². The van der Waals surface area contributed by atoms with E-state index in [2.05, 4.69) is 0 Å². The Bertz CT molecular complexity index is 642. The van der Waals surface area contributed by atoms with Gasteiger partial charge in [0.15, 0.2) is 0 Å². The molecule has 1 heterocycles. The summed E-state index contributed by atoms with van der Waals surface area (Å²) in [5.41, 5.74) is -0.466. The molecule has 0 amide bonds. The molecule has 1 fully saturated rings. The van der Waals surface area contributed by atoms with Crippen molar-refractivity contribution < 1.29 is 13.3 Å². The predicted molar refractivity (Wildman–Crippen MR) is 75.7 cm³/mol. The van der Waals surface area contributed by atoms with Gasteiger partial charge in [0.2, 0.25) is 10.0 Å². The van der Waals surface area contributed by atoms with E-state index in [9.17, 15) is 18.5 Å². The van der Waals surface area contributed by atoms with Crippen molar-refractivity contribution in [3.05, 3.63) is 32.3 Å². The first-order valence-electron chi connectivity index (χ1n) is 5.97. The Kier molecular flexibility index (Phi) is 4.53. The van der Waals surface area contributed by atoms with Crippen molar-refractivity contribution in [1.29, 1.82) is 0 Å². The molecule has 1 aliphatic heterocycles.